The van der Waals surface area contributed by atoms with Gasteiger partial charge in [0, 0.05) is 6.42 Å². The molecule has 0 spiro atoms. The molecule has 0 atom stereocenters. The highest BCUT2D eigenvalue weighted by Gasteiger charge is 2.31. The first-order valence-electron chi connectivity index (χ1n) is 10.9. The van der Waals surface area contributed by atoms with Crippen molar-refractivity contribution >= 4 is 40.3 Å². The zero-order chi connectivity index (χ0) is 23.8. The topological polar surface area (TPSA) is 48.0 Å². The Morgan fingerprint density at radius 1 is 0.912 bits per heavy atom. The third-order valence-corrected chi connectivity index (χ3v) is 6.47. The van der Waals surface area contributed by atoms with E-state index in [2.05, 4.69) is 0 Å². The van der Waals surface area contributed by atoms with Gasteiger partial charge >= 0.3 is 0 Å². The van der Waals surface area contributed by atoms with E-state index >= 15 is 0 Å². The summed E-state index contributed by atoms with van der Waals surface area (Å²) in [5.41, 5.74) is 1.94. The molecule has 5 nitrogen and oxygen atoms in total. The van der Waals surface area contributed by atoms with Crippen LogP contribution in [0, 0.1) is 0 Å². The number of hydrogen-bond acceptors (Lipinski definition) is 6. The summed E-state index contributed by atoms with van der Waals surface area (Å²) in [4.78, 5) is 15.2. The maximum absolute atomic E-state index is 12.9. The van der Waals surface area contributed by atoms with Crippen LogP contribution < -0.4 is 14.2 Å². The van der Waals surface area contributed by atoms with Crippen LogP contribution in [0.25, 0.3) is 6.08 Å². The maximum Gasteiger partial charge on any atom is 0.266 e. The van der Waals surface area contributed by atoms with Crippen molar-refractivity contribution in [2.24, 2.45) is 0 Å². The molecule has 1 aliphatic heterocycles. The SMILES string of the molecule is COc1ccccc1OCCCOc1cccc(/C=C2/SC(=S)N(Cc3ccccc3)C2=O)c1. The lowest BCUT2D eigenvalue weighted by atomic mass is 10.2. The first-order chi connectivity index (χ1) is 16.6. The van der Waals surface area contributed by atoms with Crippen LogP contribution in [0.2, 0.25) is 0 Å². The van der Waals surface area contributed by atoms with Crippen molar-refractivity contribution in [2.45, 2.75) is 13.0 Å². The minimum absolute atomic E-state index is 0.0707. The number of hydrogen-bond donors (Lipinski definition) is 0. The first-order valence-corrected chi connectivity index (χ1v) is 12.1. The number of thioether (sulfide) groups is 1. The molecule has 0 N–H and O–H groups in total. The summed E-state index contributed by atoms with van der Waals surface area (Å²) in [6.07, 6.45) is 2.59. The Hall–Kier alpha value is -3.29. The summed E-state index contributed by atoms with van der Waals surface area (Å²) in [7, 11) is 1.62. The molecule has 34 heavy (non-hydrogen) atoms. The van der Waals surface area contributed by atoms with Crippen molar-refractivity contribution in [3.63, 3.8) is 0 Å². The van der Waals surface area contributed by atoms with E-state index in [0.29, 0.717) is 34.7 Å². The van der Waals surface area contributed by atoms with Gasteiger partial charge in [-0.15, -0.1) is 0 Å². The monoisotopic (exact) mass is 491 g/mol. The fraction of sp³-hybridized carbons (Fsp3) is 0.185. The molecular formula is C27H25NO4S2. The number of para-hydroxylation sites is 2. The Labute approximate surface area is 209 Å². The predicted molar refractivity (Wildman–Crippen MR) is 140 cm³/mol. The van der Waals surface area contributed by atoms with E-state index in [4.69, 9.17) is 26.4 Å². The van der Waals surface area contributed by atoms with Crippen LogP contribution in [0.1, 0.15) is 17.5 Å². The van der Waals surface area contributed by atoms with E-state index < -0.39 is 0 Å². The molecule has 4 rings (SSSR count). The molecule has 1 heterocycles. The quantitative estimate of drug-likeness (QED) is 0.199. The van der Waals surface area contributed by atoms with Gasteiger partial charge in [0.2, 0.25) is 0 Å². The highest BCUT2D eigenvalue weighted by molar-refractivity contribution is 8.26. The normalized spacial score (nSPS) is 14.5. The second-order valence-electron chi connectivity index (χ2n) is 7.53. The third kappa shape index (κ3) is 6.18. The highest BCUT2D eigenvalue weighted by atomic mass is 32.2. The smallest absolute Gasteiger partial charge is 0.266 e. The predicted octanol–water partition coefficient (Wildman–Crippen LogP) is 5.94. The van der Waals surface area contributed by atoms with Gasteiger partial charge < -0.3 is 14.2 Å². The molecule has 0 bridgehead atoms. The van der Waals surface area contributed by atoms with Crippen LogP contribution in [0.3, 0.4) is 0 Å². The minimum Gasteiger partial charge on any atom is -0.493 e. The lowest BCUT2D eigenvalue weighted by Crippen LogP contribution is -2.27. The van der Waals surface area contributed by atoms with Crippen LogP contribution in [-0.4, -0.2) is 35.5 Å². The number of ether oxygens (including phenoxy) is 3. The average Bonchev–Trinajstić information content (AvgIpc) is 3.12. The molecule has 1 fully saturated rings. The average molecular weight is 492 g/mol. The number of carbonyl (C=O) groups excluding carboxylic acids is 1. The minimum atomic E-state index is -0.0707. The van der Waals surface area contributed by atoms with Gasteiger partial charge in [0.1, 0.15) is 10.1 Å². The van der Waals surface area contributed by atoms with E-state index in [1.165, 1.54) is 11.8 Å². The van der Waals surface area contributed by atoms with Gasteiger partial charge in [-0.1, -0.05) is 78.6 Å². The Morgan fingerprint density at radius 2 is 1.65 bits per heavy atom. The van der Waals surface area contributed by atoms with Crippen LogP contribution >= 0.6 is 24.0 Å². The zero-order valence-corrected chi connectivity index (χ0v) is 20.4. The molecular weight excluding hydrogens is 466 g/mol. The third-order valence-electron chi connectivity index (χ3n) is 5.10. The summed E-state index contributed by atoms with van der Waals surface area (Å²) in [5, 5.41) is 0. The van der Waals surface area contributed by atoms with Crippen molar-refractivity contribution in [1.29, 1.82) is 0 Å². The Kier molecular flexibility index (Phi) is 8.22. The molecule has 3 aromatic carbocycles. The van der Waals surface area contributed by atoms with Crippen LogP contribution in [0.5, 0.6) is 17.2 Å². The van der Waals surface area contributed by atoms with Crippen molar-refractivity contribution in [3.8, 4) is 17.2 Å². The molecule has 0 unspecified atom stereocenters. The molecule has 1 aliphatic rings. The molecule has 3 aromatic rings. The molecule has 0 aliphatic carbocycles. The molecule has 0 aromatic heterocycles. The van der Waals surface area contributed by atoms with Gasteiger partial charge in [-0.25, -0.2) is 0 Å². The van der Waals surface area contributed by atoms with E-state index in [-0.39, 0.29) is 5.91 Å². The second-order valence-corrected chi connectivity index (χ2v) is 9.20. The van der Waals surface area contributed by atoms with Crippen molar-refractivity contribution in [3.05, 3.63) is 94.9 Å². The zero-order valence-electron chi connectivity index (χ0n) is 18.8. The van der Waals surface area contributed by atoms with Crippen LogP contribution in [0.4, 0.5) is 0 Å². The molecule has 0 saturated carbocycles. The summed E-state index contributed by atoms with van der Waals surface area (Å²) < 4.78 is 17.5. The van der Waals surface area contributed by atoms with Gasteiger partial charge in [0.15, 0.2) is 11.5 Å². The molecule has 0 radical (unpaired) electrons. The van der Waals surface area contributed by atoms with E-state index in [0.717, 1.165) is 29.0 Å². The fourth-order valence-electron chi connectivity index (χ4n) is 3.42. The summed E-state index contributed by atoms with van der Waals surface area (Å²) in [6.45, 7) is 1.50. The second kappa shape index (κ2) is 11.7. The van der Waals surface area contributed by atoms with Crippen molar-refractivity contribution in [1.82, 2.24) is 4.90 Å². The number of benzene rings is 3. The largest absolute Gasteiger partial charge is 0.493 e. The summed E-state index contributed by atoms with van der Waals surface area (Å²) in [5.74, 6) is 2.10. The van der Waals surface area contributed by atoms with Crippen molar-refractivity contribution in [2.75, 3.05) is 20.3 Å². The number of methoxy groups -OCH3 is 1. The summed E-state index contributed by atoms with van der Waals surface area (Å²) in [6, 6.07) is 25.1. The summed E-state index contributed by atoms with van der Waals surface area (Å²) >= 11 is 6.78. The standard InChI is InChI=1S/C27H25NO4S2/c1-30-23-13-5-6-14-24(23)32-16-8-15-31-22-12-7-11-21(17-22)18-25-26(29)28(27(33)34-25)19-20-9-3-2-4-10-20/h2-7,9-14,17-18H,8,15-16,19H2,1H3/b25-18+. The van der Waals surface area contributed by atoms with Gasteiger partial charge in [0.25, 0.3) is 5.91 Å². The van der Waals surface area contributed by atoms with Gasteiger partial charge in [-0.05, 0) is 41.5 Å². The number of amides is 1. The van der Waals surface area contributed by atoms with E-state index in [1.54, 1.807) is 12.0 Å². The number of nitrogens with zero attached hydrogens (tertiary/aromatic N) is 1. The Morgan fingerprint density at radius 3 is 2.44 bits per heavy atom. The number of carbonyl (C=O) groups is 1. The van der Waals surface area contributed by atoms with Crippen LogP contribution in [0.15, 0.2) is 83.8 Å². The lowest BCUT2D eigenvalue weighted by Gasteiger charge is -2.14. The van der Waals surface area contributed by atoms with E-state index in [1.807, 2.05) is 84.9 Å². The van der Waals surface area contributed by atoms with E-state index in [9.17, 15) is 4.79 Å². The van der Waals surface area contributed by atoms with Crippen LogP contribution in [-0.2, 0) is 11.3 Å². The van der Waals surface area contributed by atoms with Gasteiger partial charge in [0.05, 0.1) is 31.8 Å². The van der Waals surface area contributed by atoms with Gasteiger partial charge in [-0.2, -0.15) is 0 Å². The Balaban J connectivity index is 1.30. The number of rotatable bonds is 10. The van der Waals surface area contributed by atoms with Gasteiger partial charge in [-0.3, -0.25) is 9.69 Å². The molecule has 1 saturated heterocycles. The fourth-order valence-corrected chi connectivity index (χ4v) is 4.67. The Bertz CT molecular complexity index is 1180. The van der Waals surface area contributed by atoms with Crippen molar-refractivity contribution < 1.29 is 19.0 Å². The molecule has 174 valence electrons. The lowest BCUT2D eigenvalue weighted by molar-refractivity contribution is -0.122. The number of thiocarbonyl (C=S) groups is 1. The molecule has 1 amide bonds. The first kappa shape index (κ1) is 23.9. The maximum atomic E-state index is 12.9. The molecule has 7 heteroatoms. The highest BCUT2D eigenvalue weighted by Crippen LogP contribution is 2.34.